The van der Waals surface area contributed by atoms with Crippen molar-refractivity contribution in [2.24, 2.45) is 0 Å². The highest BCUT2D eigenvalue weighted by Gasteiger charge is 2.21. The van der Waals surface area contributed by atoms with Gasteiger partial charge in [0.2, 0.25) is 0 Å². The molecule has 0 atom stereocenters. The zero-order valence-corrected chi connectivity index (χ0v) is 11.2. The Morgan fingerprint density at radius 3 is 2.79 bits per heavy atom. The van der Waals surface area contributed by atoms with E-state index in [2.05, 4.69) is 30.8 Å². The van der Waals surface area contributed by atoms with Crippen LogP contribution in [0.5, 0.6) is 0 Å². The highest BCUT2D eigenvalue weighted by atomic mass is 15.2. The van der Waals surface area contributed by atoms with Crippen molar-refractivity contribution in [3.63, 3.8) is 0 Å². The first-order valence-electron chi connectivity index (χ1n) is 7.16. The Morgan fingerprint density at radius 1 is 1.21 bits per heavy atom. The van der Waals surface area contributed by atoms with Gasteiger partial charge in [0.15, 0.2) is 0 Å². The highest BCUT2D eigenvalue weighted by molar-refractivity contribution is 5.47. The molecule has 0 bridgehead atoms. The lowest BCUT2D eigenvalue weighted by Crippen LogP contribution is -2.45. The Labute approximate surface area is 114 Å². The summed E-state index contributed by atoms with van der Waals surface area (Å²) in [4.78, 5) is 11.0. The smallest absolute Gasteiger partial charge is 0.131 e. The Bertz CT molecular complexity index is 400. The van der Waals surface area contributed by atoms with Crippen molar-refractivity contribution in [2.75, 3.05) is 49.9 Å². The third-order valence-corrected chi connectivity index (χ3v) is 3.54. The Morgan fingerprint density at radius 2 is 2.00 bits per heavy atom. The fourth-order valence-electron chi connectivity index (χ4n) is 2.25. The molecule has 0 radical (unpaired) electrons. The lowest BCUT2D eigenvalue weighted by Gasteiger charge is -2.27. The van der Waals surface area contributed by atoms with E-state index in [1.165, 1.54) is 12.8 Å². The van der Waals surface area contributed by atoms with Crippen LogP contribution in [-0.4, -0.2) is 60.2 Å². The maximum atomic E-state index is 4.26. The van der Waals surface area contributed by atoms with E-state index < -0.39 is 0 Å². The summed E-state index contributed by atoms with van der Waals surface area (Å²) in [6.45, 7) is 6.47. The molecule has 0 amide bonds. The predicted octanol–water partition coefficient (Wildman–Crippen LogP) is 0.368. The standard InChI is InChI=1S/C13H22N6/c1-2-11(1)18-13-9-12(16-10-17-13)15-5-8-19-6-3-14-4-7-19/h9-11,14H,1-8H2,(H2,15,16,17,18). The van der Waals surface area contributed by atoms with Crippen molar-refractivity contribution in [3.8, 4) is 0 Å². The van der Waals surface area contributed by atoms with E-state index >= 15 is 0 Å². The fourth-order valence-corrected chi connectivity index (χ4v) is 2.25. The van der Waals surface area contributed by atoms with E-state index in [4.69, 9.17) is 0 Å². The van der Waals surface area contributed by atoms with E-state index in [9.17, 15) is 0 Å². The summed E-state index contributed by atoms with van der Waals surface area (Å²) < 4.78 is 0. The third-order valence-electron chi connectivity index (χ3n) is 3.54. The molecule has 3 rings (SSSR count). The van der Waals surface area contributed by atoms with E-state index in [0.29, 0.717) is 6.04 Å². The molecule has 6 heteroatoms. The van der Waals surface area contributed by atoms with Crippen molar-refractivity contribution < 1.29 is 0 Å². The zero-order valence-electron chi connectivity index (χ0n) is 11.2. The van der Waals surface area contributed by atoms with Crippen LogP contribution < -0.4 is 16.0 Å². The molecule has 2 fully saturated rings. The summed E-state index contributed by atoms with van der Waals surface area (Å²) in [5, 5.41) is 10.1. The topological polar surface area (TPSA) is 65.1 Å². The number of hydrogen-bond acceptors (Lipinski definition) is 6. The largest absolute Gasteiger partial charge is 0.369 e. The molecular weight excluding hydrogens is 240 g/mol. The monoisotopic (exact) mass is 262 g/mol. The summed E-state index contributed by atoms with van der Waals surface area (Å²) in [5.74, 6) is 1.84. The van der Waals surface area contributed by atoms with Gasteiger partial charge in [-0.15, -0.1) is 0 Å². The van der Waals surface area contributed by atoms with Crippen LogP contribution in [0.25, 0.3) is 0 Å². The highest BCUT2D eigenvalue weighted by Crippen LogP contribution is 2.23. The van der Waals surface area contributed by atoms with Gasteiger partial charge in [-0.3, -0.25) is 4.90 Å². The maximum absolute atomic E-state index is 4.26. The molecule has 19 heavy (non-hydrogen) atoms. The first-order valence-corrected chi connectivity index (χ1v) is 7.16. The number of nitrogens with one attached hydrogen (secondary N) is 3. The lowest BCUT2D eigenvalue weighted by atomic mass is 10.3. The van der Waals surface area contributed by atoms with Gasteiger partial charge in [0.1, 0.15) is 18.0 Å². The Hall–Kier alpha value is -1.40. The molecule has 1 saturated heterocycles. The summed E-state index contributed by atoms with van der Waals surface area (Å²) in [7, 11) is 0. The van der Waals surface area contributed by atoms with Crippen molar-refractivity contribution in [1.29, 1.82) is 0 Å². The molecule has 1 saturated carbocycles. The third kappa shape index (κ3) is 4.04. The van der Waals surface area contributed by atoms with Gasteiger partial charge in [0.05, 0.1) is 0 Å². The second-order valence-corrected chi connectivity index (χ2v) is 5.23. The fraction of sp³-hybridized carbons (Fsp3) is 0.692. The average Bonchev–Trinajstić information content (AvgIpc) is 3.24. The van der Waals surface area contributed by atoms with Gasteiger partial charge in [0, 0.05) is 51.4 Å². The Kier molecular flexibility index (Phi) is 4.10. The molecule has 6 nitrogen and oxygen atoms in total. The summed E-state index contributed by atoms with van der Waals surface area (Å²) in [5.41, 5.74) is 0. The zero-order chi connectivity index (χ0) is 12.9. The number of anilines is 2. The summed E-state index contributed by atoms with van der Waals surface area (Å²) in [6, 6.07) is 2.62. The van der Waals surface area contributed by atoms with Gasteiger partial charge in [0.25, 0.3) is 0 Å². The SMILES string of the molecule is c1nc(NCCN2CCNCC2)cc(NC2CC2)n1. The van der Waals surface area contributed by atoms with E-state index in [1.54, 1.807) is 6.33 Å². The second kappa shape index (κ2) is 6.16. The lowest BCUT2D eigenvalue weighted by molar-refractivity contribution is 0.249. The maximum Gasteiger partial charge on any atom is 0.131 e. The van der Waals surface area contributed by atoms with Crippen LogP contribution in [0.3, 0.4) is 0 Å². The van der Waals surface area contributed by atoms with Crippen molar-refractivity contribution >= 4 is 11.6 Å². The van der Waals surface area contributed by atoms with Crippen LogP contribution in [-0.2, 0) is 0 Å². The normalized spacial score (nSPS) is 20.2. The van der Waals surface area contributed by atoms with Crippen LogP contribution in [0.1, 0.15) is 12.8 Å². The number of nitrogens with zero attached hydrogens (tertiary/aromatic N) is 3. The van der Waals surface area contributed by atoms with Gasteiger partial charge < -0.3 is 16.0 Å². The van der Waals surface area contributed by atoms with Crippen LogP contribution in [0.2, 0.25) is 0 Å². The van der Waals surface area contributed by atoms with E-state index in [1.807, 2.05) is 6.07 Å². The van der Waals surface area contributed by atoms with E-state index in [0.717, 1.165) is 50.9 Å². The molecule has 0 aromatic carbocycles. The van der Waals surface area contributed by atoms with Crippen molar-refractivity contribution in [2.45, 2.75) is 18.9 Å². The minimum atomic E-state index is 0.628. The van der Waals surface area contributed by atoms with Gasteiger partial charge >= 0.3 is 0 Å². The summed E-state index contributed by atoms with van der Waals surface area (Å²) in [6.07, 6.45) is 4.14. The van der Waals surface area contributed by atoms with Gasteiger partial charge in [-0.1, -0.05) is 0 Å². The molecule has 3 N–H and O–H groups in total. The van der Waals surface area contributed by atoms with Crippen LogP contribution in [0.4, 0.5) is 11.6 Å². The minimum absolute atomic E-state index is 0.628. The second-order valence-electron chi connectivity index (χ2n) is 5.23. The number of piperazine rings is 1. The van der Waals surface area contributed by atoms with Crippen LogP contribution in [0, 0.1) is 0 Å². The first kappa shape index (κ1) is 12.6. The van der Waals surface area contributed by atoms with Crippen LogP contribution in [0.15, 0.2) is 12.4 Å². The van der Waals surface area contributed by atoms with E-state index in [-0.39, 0.29) is 0 Å². The minimum Gasteiger partial charge on any atom is -0.369 e. The molecule has 2 aliphatic rings. The number of aromatic nitrogens is 2. The number of hydrogen-bond donors (Lipinski definition) is 3. The molecule has 1 aromatic rings. The quantitative estimate of drug-likeness (QED) is 0.688. The molecule has 1 aromatic heterocycles. The van der Waals surface area contributed by atoms with Crippen LogP contribution >= 0.6 is 0 Å². The van der Waals surface area contributed by atoms with Crippen molar-refractivity contribution in [1.82, 2.24) is 20.2 Å². The van der Waals surface area contributed by atoms with Gasteiger partial charge in [-0.25, -0.2) is 9.97 Å². The predicted molar refractivity (Wildman–Crippen MR) is 76.5 cm³/mol. The Balaban J connectivity index is 1.43. The molecule has 1 aliphatic heterocycles. The van der Waals surface area contributed by atoms with Gasteiger partial charge in [-0.2, -0.15) is 0 Å². The summed E-state index contributed by atoms with van der Waals surface area (Å²) >= 11 is 0. The molecule has 104 valence electrons. The molecule has 0 unspecified atom stereocenters. The molecule has 0 spiro atoms. The van der Waals surface area contributed by atoms with Gasteiger partial charge in [-0.05, 0) is 12.8 Å². The average molecular weight is 262 g/mol. The molecular formula is C13H22N6. The molecule has 1 aliphatic carbocycles. The molecule has 2 heterocycles. The van der Waals surface area contributed by atoms with Crippen molar-refractivity contribution in [3.05, 3.63) is 12.4 Å². The number of rotatable bonds is 6. The first-order chi connectivity index (χ1) is 9.40.